The standard InChI is InChI=1S/C14H12BrFN6O/c15-8-3-1-7-2-4-9(18-12(7)11(8)16)13(23)20-14-19-10(5-6-17)21-22-14/h1-4H,5-6,17H2,(H2,19,20,21,22,23). The number of nitrogens with two attached hydrogens (primary N) is 1. The Bertz CT molecular complexity index is 881. The van der Waals surface area contributed by atoms with E-state index >= 15 is 0 Å². The van der Waals surface area contributed by atoms with Crippen LogP contribution in [0, 0.1) is 5.82 Å². The summed E-state index contributed by atoms with van der Waals surface area (Å²) in [6.45, 7) is 0.420. The van der Waals surface area contributed by atoms with E-state index < -0.39 is 11.7 Å². The zero-order valence-electron chi connectivity index (χ0n) is 11.8. The largest absolute Gasteiger partial charge is 0.330 e. The van der Waals surface area contributed by atoms with Gasteiger partial charge in [-0.3, -0.25) is 15.2 Å². The highest BCUT2D eigenvalue weighted by Crippen LogP contribution is 2.23. The number of pyridine rings is 1. The molecule has 9 heteroatoms. The molecule has 0 fully saturated rings. The molecule has 4 N–H and O–H groups in total. The van der Waals surface area contributed by atoms with Crippen molar-refractivity contribution in [2.75, 3.05) is 11.9 Å². The monoisotopic (exact) mass is 378 g/mol. The number of H-pyrrole nitrogens is 1. The molecule has 7 nitrogen and oxygen atoms in total. The summed E-state index contributed by atoms with van der Waals surface area (Å²) in [7, 11) is 0. The van der Waals surface area contributed by atoms with Gasteiger partial charge in [-0.05, 0) is 34.6 Å². The topological polar surface area (TPSA) is 110 Å². The van der Waals surface area contributed by atoms with Crippen molar-refractivity contribution in [3.63, 3.8) is 0 Å². The number of hydrogen-bond donors (Lipinski definition) is 3. The lowest BCUT2D eigenvalue weighted by Crippen LogP contribution is -2.15. The highest BCUT2D eigenvalue weighted by molar-refractivity contribution is 9.10. The molecule has 0 atom stereocenters. The van der Waals surface area contributed by atoms with Crippen LogP contribution in [0.2, 0.25) is 0 Å². The van der Waals surface area contributed by atoms with E-state index in [4.69, 9.17) is 5.73 Å². The minimum Gasteiger partial charge on any atom is -0.330 e. The van der Waals surface area contributed by atoms with Crippen molar-refractivity contribution in [3.05, 3.63) is 46.1 Å². The zero-order valence-corrected chi connectivity index (χ0v) is 13.4. The number of rotatable bonds is 4. The summed E-state index contributed by atoms with van der Waals surface area (Å²) >= 11 is 3.10. The number of halogens is 2. The molecular weight excluding hydrogens is 367 g/mol. The Kier molecular flexibility index (Phi) is 4.30. The number of amides is 1. The molecule has 0 radical (unpaired) electrons. The molecule has 2 aromatic heterocycles. The van der Waals surface area contributed by atoms with Crippen LogP contribution in [-0.2, 0) is 6.42 Å². The van der Waals surface area contributed by atoms with Crippen LogP contribution in [0.3, 0.4) is 0 Å². The number of benzene rings is 1. The number of nitrogens with zero attached hydrogens (tertiary/aromatic N) is 3. The fraction of sp³-hybridized carbons (Fsp3) is 0.143. The molecular formula is C14H12BrFN6O. The van der Waals surface area contributed by atoms with Crippen LogP contribution in [0.25, 0.3) is 10.9 Å². The van der Waals surface area contributed by atoms with Crippen LogP contribution >= 0.6 is 15.9 Å². The quantitative estimate of drug-likeness (QED) is 0.643. The van der Waals surface area contributed by atoms with Crippen LogP contribution < -0.4 is 11.1 Å². The maximum absolute atomic E-state index is 14.1. The van der Waals surface area contributed by atoms with Gasteiger partial charge < -0.3 is 5.73 Å². The van der Waals surface area contributed by atoms with E-state index in [9.17, 15) is 9.18 Å². The summed E-state index contributed by atoms with van der Waals surface area (Å²) in [5, 5.41) is 9.64. The number of fused-ring (bicyclic) bond motifs is 1. The third-order valence-corrected chi connectivity index (χ3v) is 3.74. The van der Waals surface area contributed by atoms with E-state index in [-0.39, 0.29) is 21.6 Å². The molecule has 23 heavy (non-hydrogen) atoms. The maximum atomic E-state index is 14.1. The Labute approximate surface area is 138 Å². The second kappa shape index (κ2) is 6.39. The fourth-order valence-electron chi connectivity index (χ4n) is 2.02. The molecule has 1 amide bonds. The van der Waals surface area contributed by atoms with E-state index in [1.54, 1.807) is 18.2 Å². The molecule has 0 bridgehead atoms. The van der Waals surface area contributed by atoms with Crippen molar-refractivity contribution in [1.29, 1.82) is 0 Å². The first-order valence-electron chi connectivity index (χ1n) is 6.76. The van der Waals surface area contributed by atoms with Gasteiger partial charge in [-0.1, -0.05) is 12.1 Å². The molecule has 0 unspecified atom stereocenters. The van der Waals surface area contributed by atoms with E-state index in [0.29, 0.717) is 24.2 Å². The summed E-state index contributed by atoms with van der Waals surface area (Å²) in [5.74, 6) is -0.343. The Morgan fingerprint density at radius 2 is 2.09 bits per heavy atom. The number of carbonyl (C=O) groups is 1. The van der Waals surface area contributed by atoms with Crippen molar-refractivity contribution < 1.29 is 9.18 Å². The summed E-state index contributed by atoms with van der Waals surface area (Å²) in [4.78, 5) is 20.3. The Morgan fingerprint density at radius 1 is 1.30 bits per heavy atom. The van der Waals surface area contributed by atoms with Crippen LogP contribution in [0.5, 0.6) is 0 Å². The van der Waals surface area contributed by atoms with Gasteiger partial charge in [0.15, 0.2) is 5.82 Å². The fourth-order valence-corrected chi connectivity index (χ4v) is 2.34. The SMILES string of the molecule is NCCc1nc(NC(=O)c2ccc3ccc(Br)c(F)c3n2)n[nH]1. The predicted octanol–water partition coefficient (Wildman–Crippen LogP) is 2.01. The summed E-state index contributed by atoms with van der Waals surface area (Å²) in [6, 6.07) is 6.44. The average Bonchev–Trinajstić information content (AvgIpc) is 2.98. The second-order valence-electron chi connectivity index (χ2n) is 4.73. The number of aromatic nitrogens is 4. The van der Waals surface area contributed by atoms with Crippen LogP contribution in [0.1, 0.15) is 16.3 Å². The Balaban J connectivity index is 1.86. The van der Waals surface area contributed by atoms with Gasteiger partial charge in [0.25, 0.3) is 5.91 Å². The smallest absolute Gasteiger partial charge is 0.276 e. The third kappa shape index (κ3) is 3.20. The van der Waals surface area contributed by atoms with Gasteiger partial charge in [0, 0.05) is 11.8 Å². The van der Waals surface area contributed by atoms with E-state index in [2.05, 4.69) is 41.4 Å². The Hall–Kier alpha value is -2.39. The van der Waals surface area contributed by atoms with Gasteiger partial charge in [0.05, 0.1) is 4.47 Å². The normalized spacial score (nSPS) is 10.9. The maximum Gasteiger partial charge on any atom is 0.276 e. The Morgan fingerprint density at radius 3 is 2.87 bits per heavy atom. The van der Waals surface area contributed by atoms with Gasteiger partial charge in [0.2, 0.25) is 5.95 Å². The van der Waals surface area contributed by atoms with Crippen molar-refractivity contribution in [2.45, 2.75) is 6.42 Å². The van der Waals surface area contributed by atoms with Gasteiger partial charge >= 0.3 is 0 Å². The summed E-state index contributed by atoms with van der Waals surface area (Å²) in [5.41, 5.74) is 5.60. The van der Waals surface area contributed by atoms with Crippen molar-refractivity contribution in [1.82, 2.24) is 20.2 Å². The molecule has 3 aromatic rings. The van der Waals surface area contributed by atoms with Crippen LogP contribution in [0.4, 0.5) is 10.3 Å². The van der Waals surface area contributed by atoms with Gasteiger partial charge in [-0.2, -0.15) is 4.98 Å². The minimum absolute atomic E-state index is 0.0691. The highest BCUT2D eigenvalue weighted by atomic mass is 79.9. The van der Waals surface area contributed by atoms with Gasteiger partial charge in [0.1, 0.15) is 17.0 Å². The predicted molar refractivity (Wildman–Crippen MR) is 86.5 cm³/mol. The number of aromatic amines is 1. The van der Waals surface area contributed by atoms with Crippen molar-refractivity contribution in [3.8, 4) is 0 Å². The molecule has 0 saturated heterocycles. The molecule has 0 spiro atoms. The van der Waals surface area contributed by atoms with Crippen LogP contribution in [0.15, 0.2) is 28.7 Å². The lowest BCUT2D eigenvalue weighted by molar-refractivity contribution is 0.102. The average molecular weight is 379 g/mol. The first-order chi connectivity index (χ1) is 11.1. The second-order valence-corrected chi connectivity index (χ2v) is 5.58. The molecule has 1 aromatic carbocycles. The van der Waals surface area contributed by atoms with E-state index in [1.807, 2.05) is 0 Å². The number of anilines is 1. The van der Waals surface area contributed by atoms with E-state index in [1.165, 1.54) is 6.07 Å². The molecule has 0 aliphatic carbocycles. The molecule has 0 saturated carbocycles. The van der Waals surface area contributed by atoms with Crippen LogP contribution in [-0.4, -0.2) is 32.6 Å². The van der Waals surface area contributed by atoms with Gasteiger partial charge in [-0.15, -0.1) is 5.10 Å². The third-order valence-electron chi connectivity index (χ3n) is 3.12. The van der Waals surface area contributed by atoms with Crippen molar-refractivity contribution >= 4 is 38.7 Å². The number of nitrogens with one attached hydrogen (secondary N) is 2. The molecule has 2 heterocycles. The first-order valence-corrected chi connectivity index (χ1v) is 7.55. The highest BCUT2D eigenvalue weighted by Gasteiger charge is 2.14. The molecule has 0 aliphatic heterocycles. The number of carbonyl (C=O) groups excluding carboxylic acids is 1. The lowest BCUT2D eigenvalue weighted by Gasteiger charge is -2.04. The molecule has 118 valence electrons. The summed E-state index contributed by atoms with van der Waals surface area (Å²) < 4.78 is 14.4. The van der Waals surface area contributed by atoms with E-state index in [0.717, 1.165) is 0 Å². The number of hydrogen-bond acceptors (Lipinski definition) is 5. The molecule has 3 rings (SSSR count). The zero-order chi connectivity index (χ0) is 16.4. The lowest BCUT2D eigenvalue weighted by atomic mass is 10.2. The minimum atomic E-state index is -0.524. The first kappa shape index (κ1) is 15.5. The summed E-state index contributed by atoms with van der Waals surface area (Å²) in [6.07, 6.45) is 0.524. The van der Waals surface area contributed by atoms with Gasteiger partial charge in [-0.25, -0.2) is 9.37 Å². The molecule has 0 aliphatic rings. The van der Waals surface area contributed by atoms with Crippen molar-refractivity contribution in [2.24, 2.45) is 5.73 Å².